The quantitative estimate of drug-likeness (QED) is 0.477. The maximum absolute atomic E-state index is 9.26. The highest BCUT2D eigenvalue weighted by molar-refractivity contribution is 5.43. The predicted octanol–water partition coefficient (Wildman–Crippen LogP) is 1.11. The van der Waals surface area contributed by atoms with E-state index in [1.807, 2.05) is 0 Å². The molecule has 2 saturated carbocycles. The van der Waals surface area contributed by atoms with Gasteiger partial charge in [0.05, 0.1) is 6.10 Å². The molecule has 9 heavy (non-hydrogen) atoms. The minimum atomic E-state index is -0.157. The minimum Gasteiger partial charge on any atom is -0.392 e. The van der Waals surface area contributed by atoms with Gasteiger partial charge in [0.15, 0.2) is 0 Å². The van der Waals surface area contributed by atoms with Crippen LogP contribution in [0.4, 0.5) is 0 Å². The van der Waals surface area contributed by atoms with E-state index in [0.29, 0.717) is 11.8 Å². The number of aliphatic hydroxyl groups excluding tert-OH is 1. The summed E-state index contributed by atoms with van der Waals surface area (Å²) < 4.78 is 0. The Morgan fingerprint density at radius 1 is 1.44 bits per heavy atom. The third-order valence-corrected chi connectivity index (χ3v) is 2.40. The highest BCUT2D eigenvalue weighted by Gasteiger charge is 2.53. The molecule has 0 aromatic carbocycles. The van der Waals surface area contributed by atoms with Crippen LogP contribution >= 0.6 is 0 Å². The number of aliphatic hydroxyl groups is 1. The second-order valence-electron chi connectivity index (χ2n) is 3.01. The van der Waals surface area contributed by atoms with Crippen molar-refractivity contribution in [1.29, 1.82) is 0 Å². The fraction of sp³-hybridized carbons (Fsp3) is 0.500. The maximum atomic E-state index is 9.26. The molecule has 0 bridgehead atoms. The summed E-state index contributed by atoms with van der Waals surface area (Å²) in [6.45, 7) is 7.69. The normalized spacial score (nSPS) is 47.4. The standard InChI is InChI=1S/C8H10O/c1-4-3-6(9)8-5(2)7(4)8/h6-9H,1-3H2. The van der Waals surface area contributed by atoms with Crippen LogP contribution in [0.15, 0.2) is 24.3 Å². The second-order valence-corrected chi connectivity index (χ2v) is 3.01. The van der Waals surface area contributed by atoms with Crippen LogP contribution in [0.2, 0.25) is 0 Å². The lowest BCUT2D eigenvalue weighted by molar-refractivity contribution is 0.169. The molecule has 3 atom stereocenters. The summed E-state index contributed by atoms with van der Waals surface area (Å²) in [6.07, 6.45) is 0.643. The van der Waals surface area contributed by atoms with E-state index in [4.69, 9.17) is 0 Å². The fourth-order valence-corrected chi connectivity index (χ4v) is 1.85. The Morgan fingerprint density at radius 2 is 2.11 bits per heavy atom. The fourth-order valence-electron chi connectivity index (χ4n) is 1.85. The zero-order chi connectivity index (χ0) is 6.59. The van der Waals surface area contributed by atoms with Crippen molar-refractivity contribution in [2.45, 2.75) is 12.5 Å². The Balaban J connectivity index is 2.28. The van der Waals surface area contributed by atoms with Crippen molar-refractivity contribution < 1.29 is 5.11 Å². The van der Waals surface area contributed by atoms with Crippen molar-refractivity contribution in [3.8, 4) is 0 Å². The van der Waals surface area contributed by atoms with Gasteiger partial charge < -0.3 is 5.11 Å². The van der Waals surface area contributed by atoms with Gasteiger partial charge in [0, 0.05) is 11.8 Å². The average Bonchev–Trinajstić information content (AvgIpc) is 2.30. The highest BCUT2D eigenvalue weighted by atomic mass is 16.3. The summed E-state index contributed by atoms with van der Waals surface area (Å²) in [5.74, 6) is 0.873. The molecule has 0 heterocycles. The van der Waals surface area contributed by atoms with Crippen LogP contribution in [-0.4, -0.2) is 11.2 Å². The monoisotopic (exact) mass is 122 g/mol. The first-order valence-corrected chi connectivity index (χ1v) is 3.26. The lowest BCUT2D eigenvalue weighted by atomic mass is 10.1. The number of hydrogen-bond donors (Lipinski definition) is 1. The molecule has 1 nitrogen and oxygen atoms in total. The van der Waals surface area contributed by atoms with E-state index in [2.05, 4.69) is 13.2 Å². The third kappa shape index (κ3) is 0.479. The second kappa shape index (κ2) is 1.29. The van der Waals surface area contributed by atoms with Gasteiger partial charge in [-0.1, -0.05) is 24.3 Å². The Hall–Kier alpha value is -0.560. The first kappa shape index (κ1) is 5.24. The van der Waals surface area contributed by atoms with E-state index in [0.717, 1.165) is 6.42 Å². The van der Waals surface area contributed by atoms with Gasteiger partial charge in [-0.2, -0.15) is 0 Å². The van der Waals surface area contributed by atoms with E-state index >= 15 is 0 Å². The molecule has 2 fully saturated rings. The Bertz CT molecular complexity index is 193. The summed E-state index contributed by atoms with van der Waals surface area (Å²) in [7, 11) is 0. The van der Waals surface area contributed by atoms with E-state index in [-0.39, 0.29) is 6.10 Å². The van der Waals surface area contributed by atoms with Crippen LogP contribution in [0.25, 0.3) is 0 Å². The van der Waals surface area contributed by atoms with Gasteiger partial charge in [0.2, 0.25) is 0 Å². The highest BCUT2D eigenvalue weighted by Crippen LogP contribution is 2.58. The van der Waals surface area contributed by atoms with Gasteiger partial charge >= 0.3 is 0 Å². The van der Waals surface area contributed by atoms with Gasteiger partial charge in [0.1, 0.15) is 0 Å². The van der Waals surface area contributed by atoms with Crippen molar-refractivity contribution in [1.82, 2.24) is 0 Å². The van der Waals surface area contributed by atoms with Gasteiger partial charge in [-0.15, -0.1) is 0 Å². The molecule has 0 aliphatic heterocycles. The molecule has 0 saturated heterocycles. The van der Waals surface area contributed by atoms with Crippen molar-refractivity contribution in [3.05, 3.63) is 24.3 Å². The smallest absolute Gasteiger partial charge is 0.0651 e. The molecule has 0 aromatic heterocycles. The van der Waals surface area contributed by atoms with Crippen LogP contribution in [0.1, 0.15) is 6.42 Å². The SMILES string of the molecule is C=C1CC(O)C2C(=C)C12. The summed E-state index contributed by atoms with van der Waals surface area (Å²) in [5.41, 5.74) is 2.37. The molecule has 2 aliphatic rings. The predicted molar refractivity (Wildman–Crippen MR) is 35.9 cm³/mol. The summed E-state index contributed by atoms with van der Waals surface area (Å²) in [6, 6.07) is 0. The van der Waals surface area contributed by atoms with Crippen LogP contribution in [-0.2, 0) is 0 Å². The zero-order valence-corrected chi connectivity index (χ0v) is 5.30. The van der Waals surface area contributed by atoms with Crippen LogP contribution in [0, 0.1) is 11.8 Å². The van der Waals surface area contributed by atoms with E-state index in [9.17, 15) is 5.11 Å². The van der Waals surface area contributed by atoms with Gasteiger partial charge in [0.25, 0.3) is 0 Å². The lowest BCUT2D eigenvalue weighted by Gasteiger charge is -2.01. The van der Waals surface area contributed by atoms with E-state index < -0.39 is 0 Å². The molecule has 0 amide bonds. The molecule has 1 heteroatoms. The third-order valence-electron chi connectivity index (χ3n) is 2.40. The molecule has 0 aromatic rings. The van der Waals surface area contributed by atoms with Crippen LogP contribution < -0.4 is 0 Å². The summed E-state index contributed by atoms with van der Waals surface area (Å²) >= 11 is 0. The molecule has 2 aliphatic carbocycles. The van der Waals surface area contributed by atoms with Gasteiger partial charge in [-0.05, 0) is 6.42 Å². The number of rotatable bonds is 0. The van der Waals surface area contributed by atoms with E-state index in [1.165, 1.54) is 11.1 Å². The molecule has 1 N–H and O–H groups in total. The van der Waals surface area contributed by atoms with Crippen LogP contribution in [0.3, 0.4) is 0 Å². The molecule has 0 spiro atoms. The average molecular weight is 122 g/mol. The summed E-state index contributed by atoms with van der Waals surface area (Å²) in [4.78, 5) is 0. The van der Waals surface area contributed by atoms with E-state index in [1.54, 1.807) is 0 Å². The lowest BCUT2D eigenvalue weighted by Crippen LogP contribution is -2.03. The first-order valence-electron chi connectivity index (χ1n) is 3.26. The molecule has 3 unspecified atom stereocenters. The van der Waals surface area contributed by atoms with Crippen molar-refractivity contribution >= 4 is 0 Å². The molecule has 2 rings (SSSR count). The number of fused-ring (bicyclic) bond motifs is 1. The van der Waals surface area contributed by atoms with Crippen molar-refractivity contribution in [3.63, 3.8) is 0 Å². The zero-order valence-electron chi connectivity index (χ0n) is 5.30. The van der Waals surface area contributed by atoms with Crippen LogP contribution in [0.5, 0.6) is 0 Å². The topological polar surface area (TPSA) is 20.2 Å². The Kier molecular flexibility index (Phi) is 0.754. The first-order chi connectivity index (χ1) is 4.22. The molecule has 0 radical (unpaired) electrons. The molecule has 48 valence electrons. The minimum absolute atomic E-state index is 0.157. The van der Waals surface area contributed by atoms with Crippen molar-refractivity contribution in [2.24, 2.45) is 11.8 Å². The van der Waals surface area contributed by atoms with Crippen molar-refractivity contribution in [2.75, 3.05) is 0 Å². The number of hydrogen-bond acceptors (Lipinski definition) is 1. The van der Waals surface area contributed by atoms with Gasteiger partial charge in [-0.3, -0.25) is 0 Å². The maximum Gasteiger partial charge on any atom is 0.0651 e. The Labute approximate surface area is 54.7 Å². The molecular formula is C8H10O. The largest absolute Gasteiger partial charge is 0.392 e. The van der Waals surface area contributed by atoms with Gasteiger partial charge in [-0.25, -0.2) is 0 Å². The Morgan fingerprint density at radius 3 is 2.33 bits per heavy atom. The molecular weight excluding hydrogens is 112 g/mol. The summed E-state index contributed by atoms with van der Waals surface area (Å²) in [5, 5.41) is 9.26.